The molecule has 0 radical (unpaired) electrons. The van der Waals surface area contributed by atoms with E-state index >= 15 is 0 Å². The molecule has 2 atom stereocenters. The fraction of sp³-hybridized carbons (Fsp3) is 0.500. The van der Waals surface area contributed by atoms with Gasteiger partial charge in [-0.2, -0.15) is 9.97 Å². The molecule has 2 fully saturated rings. The maximum Gasteiger partial charge on any atom is 0.229 e. The maximum absolute atomic E-state index is 5.63. The minimum absolute atomic E-state index is 0.215. The van der Waals surface area contributed by atoms with Gasteiger partial charge >= 0.3 is 0 Å². The zero-order valence-corrected chi connectivity index (χ0v) is 16.7. The topological polar surface area (TPSA) is 92.3 Å². The van der Waals surface area contributed by atoms with E-state index in [1.165, 1.54) is 0 Å². The molecule has 5 rings (SSSR count). The Morgan fingerprint density at radius 3 is 2.41 bits per heavy atom. The number of imidazole rings is 1. The molecule has 0 aromatic carbocycles. The van der Waals surface area contributed by atoms with Crippen molar-refractivity contribution in [2.45, 2.75) is 25.9 Å². The van der Waals surface area contributed by atoms with Crippen LogP contribution in [-0.2, 0) is 9.47 Å². The number of hydrogen-bond donors (Lipinski definition) is 1. The first-order valence-corrected chi connectivity index (χ1v) is 10.1. The van der Waals surface area contributed by atoms with E-state index in [-0.39, 0.29) is 12.1 Å². The van der Waals surface area contributed by atoms with Gasteiger partial charge in [-0.3, -0.25) is 4.98 Å². The van der Waals surface area contributed by atoms with Crippen LogP contribution in [0.2, 0.25) is 0 Å². The Kier molecular flexibility index (Phi) is 4.76. The lowest BCUT2D eigenvalue weighted by atomic mass is 10.2. The number of pyridine rings is 1. The standard InChI is InChI=1S/C20H25N7O2/c1-13-11-28-9-7-26(13)19-16-18(23-17(22-16)15-5-3-4-6-21-15)24-20(25-19)27-8-10-29-12-14(27)2/h3-6,13-14H,7-12H2,1-2H3,(H,22,23,24,25)/t13-,14-/m0/s1. The summed E-state index contributed by atoms with van der Waals surface area (Å²) in [6, 6.07) is 6.21. The quantitative estimate of drug-likeness (QED) is 0.719. The van der Waals surface area contributed by atoms with E-state index in [9.17, 15) is 0 Å². The van der Waals surface area contributed by atoms with Crippen LogP contribution in [0.5, 0.6) is 0 Å². The highest BCUT2D eigenvalue weighted by molar-refractivity contribution is 5.87. The third-order valence-electron chi connectivity index (χ3n) is 5.49. The van der Waals surface area contributed by atoms with Gasteiger partial charge in [0.05, 0.1) is 38.5 Å². The van der Waals surface area contributed by atoms with Crippen LogP contribution >= 0.6 is 0 Å². The number of ether oxygens (including phenoxy) is 2. The van der Waals surface area contributed by atoms with Crippen molar-refractivity contribution >= 4 is 22.9 Å². The number of nitrogens with one attached hydrogen (secondary N) is 1. The highest BCUT2D eigenvalue weighted by Crippen LogP contribution is 2.30. The van der Waals surface area contributed by atoms with Gasteiger partial charge in [-0.25, -0.2) is 4.98 Å². The second-order valence-electron chi connectivity index (χ2n) is 7.58. The van der Waals surface area contributed by atoms with Crippen LogP contribution in [0.1, 0.15) is 13.8 Å². The molecule has 29 heavy (non-hydrogen) atoms. The van der Waals surface area contributed by atoms with Crippen molar-refractivity contribution in [1.82, 2.24) is 24.9 Å². The highest BCUT2D eigenvalue weighted by Gasteiger charge is 2.28. The lowest BCUT2D eigenvalue weighted by Gasteiger charge is -2.36. The summed E-state index contributed by atoms with van der Waals surface area (Å²) >= 11 is 0. The SMILES string of the molecule is C[C@H]1COCCN1c1nc(N2CCOC[C@@H]2C)c2nc(-c3ccccn3)[nH]c2n1. The molecular formula is C20H25N7O2. The number of nitrogens with zero attached hydrogens (tertiary/aromatic N) is 6. The van der Waals surface area contributed by atoms with Gasteiger partial charge in [0.2, 0.25) is 5.95 Å². The maximum atomic E-state index is 5.63. The predicted octanol–water partition coefficient (Wildman–Crippen LogP) is 1.87. The lowest BCUT2D eigenvalue weighted by molar-refractivity contribution is 0.0973. The van der Waals surface area contributed by atoms with E-state index in [1.807, 2.05) is 18.2 Å². The summed E-state index contributed by atoms with van der Waals surface area (Å²) in [5.74, 6) is 2.25. The number of fused-ring (bicyclic) bond motifs is 1. The first-order chi connectivity index (χ1) is 14.2. The van der Waals surface area contributed by atoms with Crippen molar-refractivity contribution in [3.63, 3.8) is 0 Å². The molecule has 9 heteroatoms. The Morgan fingerprint density at radius 1 is 0.966 bits per heavy atom. The minimum atomic E-state index is 0.215. The number of rotatable bonds is 3. The van der Waals surface area contributed by atoms with E-state index in [4.69, 9.17) is 24.4 Å². The molecule has 3 aromatic rings. The summed E-state index contributed by atoms with van der Waals surface area (Å²) in [7, 11) is 0. The van der Waals surface area contributed by atoms with Crippen molar-refractivity contribution in [2.24, 2.45) is 0 Å². The number of morpholine rings is 2. The van der Waals surface area contributed by atoms with Crippen molar-refractivity contribution in [3.8, 4) is 11.5 Å². The molecule has 3 aromatic heterocycles. The average Bonchev–Trinajstić information content (AvgIpc) is 3.19. The Balaban J connectivity index is 1.65. The van der Waals surface area contributed by atoms with Gasteiger partial charge < -0.3 is 24.3 Å². The molecule has 5 heterocycles. The fourth-order valence-corrected chi connectivity index (χ4v) is 3.89. The molecular weight excluding hydrogens is 370 g/mol. The number of hydrogen-bond acceptors (Lipinski definition) is 8. The minimum Gasteiger partial charge on any atom is -0.377 e. The van der Waals surface area contributed by atoms with Crippen LogP contribution in [0.3, 0.4) is 0 Å². The zero-order valence-electron chi connectivity index (χ0n) is 16.7. The molecule has 0 bridgehead atoms. The third kappa shape index (κ3) is 3.40. The largest absolute Gasteiger partial charge is 0.377 e. The first kappa shape index (κ1) is 18.3. The molecule has 0 amide bonds. The van der Waals surface area contributed by atoms with Gasteiger partial charge in [-0.1, -0.05) is 6.07 Å². The first-order valence-electron chi connectivity index (χ1n) is 10.1. The molecule has 152 valence electrons. The molecule has 0 saturated carbocycles. The smallest absolute Gasteiger partial charge is 0.229 e. The van der Waals surface area contributed by atoms with Gasteiger partial charge in [0.1, 0.15) is 5.69 Å². The van der Waals surface area contributed by atoms with Crippen LogP contribution in [-0.4, -0.2) is 76.5 Å². The summed E-state index contributed by atoms with van der Waals surface area (Å²) in [4.78, 5) is 26.9. The molecule has 0 spiro atoms. The van der Waals surface area contributed by atoms with Gasteiger partial charge in [0.25, 0.3) is 0 Å². The molecule has 1 N–H and O–H groups in total. The van der Waals surface area contributed by atoms with Crippen LogP contribution in [0.25, 0.3) is 22.7 Å². The highest BCUT2D eigenvalue weighted by atomic mass is 16.5. The average molecular weight is 395 g/mol. The number of aromatic nitrogens is 5. The third-order valence-corrected chi connectivity index (χ3v) is 5.49. The van der Waals surface area contributed by atoms with E-state index < -0.39 is 0 Å². The normalized spacial score (nSPS) is 23.0. The molecule has 2 saturated heterocycles. The van der Waals surface area contributed by atoms with Crippen molar-refractivity contribution in [1.29, 1.82) is 0 Å². The monoisotopic (exact) mass is 395 g/mol. The van der Waals surface area contributed by atoms with Crippen molar-refractivity contribution in [2.75, 3.05) is 49.3 Å². The number of anilines is 2. The molecule has 2 aliphatic heterocycles. The van der Waals surface area contributed by atoms with E-state index in [0.29, 0.717) is 38.2 Å². The molecule has 2 aliphatic rings. The van der Waals surface area contributed by atoms with Crippen LogP contribution in [0.4, 0.5) is 11.8 Å². The molecule has 9 nitrogen and oxygen atoms in total. The summed E-state index contributed by atoms with van der Waals surface area (Å²) in [5, 5.41) is 0. The Hall–Kier alpha value is -2.78. The van der Waals surface area contributed by atoms with Crippen molar-refractivity contribution in [3.05, 3.63) is 24.4 Å². The second kappa shape index (κ2) is 7.57. The molecule has 0 unspecified atom stereocenters. The van der Waals surface area contributed by atoms with Crippen LogP contribution in [0, 0.1) is 0 Å². The van der Waals surface area contributed by atoms with Crippen LogP contribution in [0.15, 0.2) is 24.4 Å². The Labute approximate surface area is 169 Å². The Morgan fingerprint density at radius 2 is 1.72 bits per heavy atom. The Bertz CT molecular complexity index is 993. The van der Waals surface area contributed by atoms with Gasteiger partial charge in [-0.15, -0.1) is 0 Å². The zero-order chi connectivity index (χ0) is 19.8. The van der Waals surface area contributed by atoms with Gasteiger partial charge in [-0.05, 0) is 26.0 Å². The van der Waals surface area contributed by atoms with E-state index in [0.717, 1.165) is 35.8 Å². The summed E-state index contributed by atoms with van der Waals surface area (Å²) in [6.45, 7) is 8.53. The van der Waals surface area contributed by atoms with Crippen LogP contribution < -0.4 is 9.80 Å². The molecule has 0 aliphatic carbocycles. The second-order valence-corrected chi connectivity index (χ2v) is 7.58. The summed E-state index contributed by atoms with van der Waals surface area (Å²) in [5.41, 5.74) is 2.28. The van der Waals surface area contributed by atoms with E-state index in [1.54, 1.807) is 6.20 Å². The van der Waals surface area contributed by atoms with Gasteiger partial charge in [0, 0.05) is 19.3 Å². The number of H-pyrrole nitrogens is 1. The van der Waals surface area contributed by atoms with Gasteiger partial charge in [0.15, 0.2) is 22.8 Å². The predicted molar refractivity (Wildman–Crippen MR) is 110 cm³/mol. The fourth-order valence-electron chi connectivity index (χ4n) is 3.89. The number of aromatic amines is 1. The van der Waals surface area contributed by atoms with E-state index in [2.05, 4.69) is 33.6 Å². The summed E-state index contributed by atoms with van der Waals surface area (Å²) in [6.07, 6.45) is 1.76. The summed E-state index contributed by atoms with van der Waals surface area (Å²) < 4.78 is 11.2. The lowest BCUT2D eigenvalue weighted by Crippen LogP contribution is -2.46. The van der Waals surface area contributed by atoms with Crippen molar-refractivity contribution < 1.29 is 9.47 Å².